The maximum Gasteiger partial charge on any atom is 0.255 e. The molecule has 1 aliphatic heterocycles. The molecule has 1 amide bonds. The van der Waals surface area contributed by atoms with E-state index in [9.17, 15) is 49.5 Å². The first-order valence-electron chi connectivity index (χ1n) is 18.7. The third kappa shape index (κ3) is 5.89. The first-order chi connectivity index (χ1) is 27.6. The summed E-state index contributed by atoms with van der Waals surface area (Å²) >= 11 is 0. The number of aliphatic hydroxyl groups is 3. The van der Waals surface area contributed by atoms with Gasteiger partial charge >= 0.3 is 0 Å². The predicted molar refractivity (Wildman–Crippen MR) is 202 cm³/mol. The van der Waals surface area contributed by atoms with Gasteiger partial charge in [-0.2, -0.15) is 0 Å². The Morgan fingerprint density at radius 1 is 0.931 bits per heavy atom. The Hall–Kier alpha value is -5.33. The summed E-state index contributed by atoms with van der Waals surface area (Å²) in [6.07, 6.45) is -5.35. The number of ether oxygens (including phenoxy) is 4. The van der Waals surface area contributed by atoms with E-state index in [4.69, 9.17) is 18.9 Å². The van der Waals surface area contributed by atoms with Crippen molar-refractivity contribution in [1.29, 1.82) is 0 Å². The average molecular weight is 801 g/mol. The number of rotatable bonds is 10. The molecule has 3 aliphatic carbocycles. The van der Waals surface area contributed by atoms with Crippen LogP contribution in [-0.2, 0) is 37.4 Å². The number of aliphatic hydroxyl groups excluding tert-OH is 2. The molecule has 1 fully saturated rings. The summed E-state index contributed by atoms with van der Waals surface area (Å²) in [4.78, 5) is 70.9. The number of phenols is 2. The van der Waals surface area contributed by atoms with Gasteiger partial charge in [0.2, 0.25) is 17.3 Å². The number of aromatic hydroxyl groups is 2. The highest BCUT2D eigenvalue weighted by Gasteiger charge is 2.72. The van der Waals surface area contributed by atoms with Gasteiger partial charge in [-0.3, -0.25) is 24.0 Å². The zero-order valence-electron chi connectivity index (χ0n) is 32.3. The molecular formula is C42H44N2O14. The summed E-state index contributed by atoms with van der Waals surface area (Å²) in [5, 5.41) is 64.2. The maximum absolute atomic E-state index is 14.9. The van der Waals surface area contributed by atoms with Crippen molar-refractivity contribution in [1.82, 2.24) is 10.6 Å². The minimum atomic E-state index is -3.23. The molecule has 58 heavy (non-hydrogen) atoms. The van der Waals surface area contributed by atoms with Gasteiger partial charge in [0.15, 0.2) is 23.2 Å². The zero-order valence-corrected chi connectivity index (χ0v) is 32.3. The predicted octanol–water partition coefficient (Wildman–Crippen LogP) is 1.33. The van der Waals surface area contributed by atoms with Crippen LogP contribution in [0.5, 0.6) is 11.5 Å². The van der Waals surface area contributed by atoms with Crippen molar-refractivity contribution < 1.29 is 68.5 Å². The molecular weight excluding hydrogens is 756 g/mol. The molecule has 1 saturated heterocycles. The molecule has 7 N–H and O–H groups in total. The molecule has 16 nitrogen and oxygen atoms in total. The summed E-state index contributed by atoms with van der Waals surface area (Å²) in [6, 6.07) is 11.9. The normalized spacial score (nSPS) is 28.9. The molecule has 0 radical (unpaired) electrons. The molecule has 8 atom stereocenters. The second-order valence-electron chi connectivity index (χ2n) is 14.9. The maximum atomic E-state index is 14.9. The van der Waals surface area contributed by atoms with E-state index in [1.54, 1.807) is 6.92 Å². The number of fused-ring (bicyclic) bond motifs is 5. The molecule has 0 saturated carbocycles. The number of Topliss-reactive ketones (excluding diaryl/α,β-unsaturated/α-hetero) is 3. The number of ketones is 4. The fourth-order valence-corrected chi connectivity index (χ4v) is 9.00. The Morgan fingerprint density at radius 3 is 2.28 bits per heavy atom. The Bertz CT molecular complexity index is 2270. The van der Waals surface area contributed by atoms with Gasteiger partial charge in [0.1, 0.15) is 29.8 Å². The second kappa shape index (κ2) is 15.1. The first kappa shape index (κ1) is 40.9. The molecule has 7 rings (SSSR count). The Balaban J connectivity index is 1.28. The third-order valence-corrected chi connectivity index (χ3v) is 11.8. The van der Waals surface area contributed by atoms with Gasteiger partial charge < -0.3 is 55.1 Å². The van der Waals surface area contributed by atoms with E-state index in [0.29, 0.717) is 12.8 Å². The lowest BCUT2D eigenvalue weighted by atomic mass is 9.56. The molecule has 306 valence electrons. The number of nitrogens with one attached hydrogen (secondary N) is 2. The molecule has 1 heterocycles. The van der Waals surface area contributed by atoms with Crippen LogP contribution in [-0.4, -0.2) is 125 Å². The van der Waals surface area contributed by atoms with Crippen LogP contribution in [0.1, 0.15) is 87.4 Å². The summed E-state index contributed by atoms with van der Waals surface area (Å²) in [7, 11) is 3.62. The number of benzene rings is 3. The number of methoxy groups -OCH3 is 3. The summed E-state index contributed by atoms with van der Waals surface area (Å²) < 4.78 is 22.2. The molecule has 16 heteroatoms. The molecule has 4 aliphatic rings. The molecule has 3 aromatic rings. The van der Waals surface area contributed by atoms with Crippen molar-refractivity contribution in [2.45, 2.75) is 81.1 Å². The minimum Gasteiger partial charge on any atom is -0.507 e. The van der Waals surface area contributed by atoms with E-state index in [0.717, 1.165) is 24.8 Å². The average Bonchev–Trinajstić information content (AvgIpc) is 3.17. The zero-order chi connectivity index (χ0) is 42.0. The van der Waals surface area contributed by atoms with Gasteiger partial charge in [0.05, 0.1) is 34.6 Å². The smallest absolute Gasteiger partial charge is 0.255 e. The number of amides is 1. The van der Waals surface area contributed by atoms with Gasteiger partial charge in [0.25, 0.3) is 5.91 Å². The van der Waals surface area contributed by atoms with E-state index < -0.39 is 123 Å². The summed E-state index contributed by atoms with van der Waals surface area (Å²) in [5.74, 6) is -7.25. The van der Waals surface area contributed by atoms with Crippen LogP contribution in [0, 0.1) is 6.92 Å². The number of allylic oxidation sites excluding steroid dienone is 2. The number of phenolic OH excluding ortho intramolecular Hbond substituents is 2. The first-order valence-corrected chi connectivity index (χ1v) is 18.7. The fourth-order valence-electron chi connectivity index (χ4n) is 9.00. The highest BCUT2D eigenvalue weighted by molar-refractivity contribution is 6.31. The standard InChI is InChI=1S/C42H44N2O14/c1-18-14-21-15-26(46)42(57-5)38(52)29-23(37(51)41(42,54)30(21)33(49)27(18)39(53)43-13-9-12-20-10-7-6-8-11-20)16-22-28(32(29)48)25(45)17-24(31(22)47)44-40-36(56-4)34(50)35(55-3)19(2)58-40/h6-8,10-11,14,16-17,19,26,34-36,40,44,46,48-50,54H,9,12-13,15H2,1-5H3,(H,43,53)/t19-,26+,34+,35-,36+,40?,41-,42+/m0/s1. The van der Waals surface area contributed by atoms with Crippen molar-refractivity contribution in [3.05, 3.63) is 104 Å². The van der Waals surface area contributed by atoms with Crippen molar-refractivity contribution in [2.24, 2.45) is 0 Å². The summed E-state index contributed by atoms with van der Waals surface area (Å²) in [6.45, 7) is 3.34. The number of carbonyl (C=O) groups is 5. The second-order valence-corrected chi connectivity index (χ2v) is 14.9. The number of hydrogen-bond acceptors (Lipinski definition) is 15. The molecule has 3 aromatic carbocycles. The minimum absolute atomic E-state index is 0.0260. The lowest BCUT2D eigenvalue weighted by molar-refractivity contribution is -0.236. The quantitative estimate of drug-likeness (QED) is 0.143. The highest BCUT2D eigenvalue weighted by atomic mass is 16.6. The van der Waals surface area contributed by atoms with E-state index in [-0.39, 0.29) is 28.9 Å². The molecule has 0 aromatic heterocycles. The number of aryl methyl sites for hydroxylation is 2. The van der Waals surface area contributed by atoms with Gasteiger partial charge in [0, 0.05) is 57.1 Å². The van der Waals surface area contributed by atoms with E-state index in [1.807, 2.05) is 30.3 Å². The highest BCUT2D eigenvalue weighted by Crippen LogP contribution is 2.56. The molecule has 0 bridgehead atoms. The van der Waals surface area contributed by atoms with Crippen molar-refractivity contribution in [2.75, 3.05) is 27.9 Å². The van der Waals surface area contributed by atoms with Crippen LogP contribution >= 0.6 is 0 Å². The van der Waals surface area contributed by atoms with Crippen molar-refractivity contribution >= 4 is 29.0 Å². The monoisotopic (exact) mass is 800 g/mol. The Labute approximate surface area is 332 Å². The number of hydrogen-bond donors (Lipinski definition) is 7. The van der Waals surface area contributed by atoms with Crippen LogP contribution in [0.2, 0.25) is 0 Å². The van der Waals surface area contributed by atoms with Gasteiger partial charge in [-0.15, -0.1) is 0 Å². The van der Waals surface area contributed by atoms with Crippen LogP contribution in [0.25, 0.3) is 0 Å². The van der Waals surface area contributed by atoms with Gasteiger partial charge in [-0.25, -0.2) is 0 Å². The van der Waals surface area contributed by atoms with Crippen LogP contribution in [0.3, 0.4) is 0 Å². The largest absolute Gasteiger partial charge is 0.507 e. The Morgan fingerprint density at radius 2 is 1.62 bits per heavy atom. The van der Waals surface area contributed by atoms with Crippen molar-refractivity contribution in [3.8, 4) is 11.5 Å². The van der Waals surface area contributed by atoms with Gasteiger partial charge in [-0.1, -0.05) is 36.4 Å². The van der Waals surface area contributed by atoms with Gasteiger partial charge in [-0.05, 0) is 49.4 Å². The molecule has 0 spiro atoms. The SMILES string of the molecule is CO[C@@H]1[C@@H](O)[C@@H](OC)C(NC2=CC(=O)c3c(cc4c(c3O)C(=O)[C@]3(OC)[C@H](O)Cc5cc(C)c(C(=O)NCCCc6ccccc6)c(O)c5[C@]3(O)C4=O)C2=O)O[C@H]1C. The fraction of sp³-hybridized carbons (Fsp3) is 0.405. The Kier molecular flexibility index (Phi) is 10.6. The third-order valence-electron chi connectivity index (χ3n) is 11.8. The van der Waals surface area contributed by atoms with Crippen LogP contribution in [0.4, 0.5) is 0 Å². The number of carbonyl (C=O) groups excluding carboxylic acids is 5. The lowest BCUT2D eigenvalue weighted by Crippen LogP contribution is -2.73. The topological polar surface area (TPSA) is 247 Å². The van der Waals surface area contributed by atoms with Crippen molar-refractivity contribution in [3.63, 3.8) is 0 Å². The summed E-state index contributed by atoms with van der Waals surface area (Å²) in [5.41, 5.74) is -8.75. The van der Waals surface area contributed by atoms with Crippen LogP contribution in [0.15, 0.2) is 54.2 Å². The molecule has 1 unspecified atom stereocenters. The van der Waals surface area contributed by atoms with E-state index in [2.05, 4.69) is 10.6 Å². The van der Waals surface area contributed by atoms with Crippen LogP contribution < -0.4 is 10.6 Å². The van der Waals surface area contributed by atoms with E-state index in [1.165, 1.54) is 27.2 Å². The lowest BCUT2D eigenvalue weighted by Gasteiger charge is -2.53. The van der Waals surface area contributed by atoms with E-state index >= 15 is 0 Å².